The number of hydrogen-bond donors (Lipinski definition) is 0. The number of halogens is 2. The van der Waals surface area contributed by atoms with Crippen LogP contribution >= 0.6 is 0 Å². The van der Waals surface area contributed by atoms with E-state index >= 15 is 13.6 Å². The third-order valence-electron chi connectivity index (χ3n) is 9.45. The zero-order valence-electron chi connectivity index (χ0n) is 24.0. The number of carbonyl (C=O) groups is 1. The van der Waals surface area contributed by atoms with E-state index in [0.29, 0.717) is 66.5 Å². The number of urea groups is 1. The van der Waals surface area contributed by atoms with Gasteiger partial charge in [-0.05, 0) is 63.6 Å². The van der Waals surface area contributed by atoms with Crippen LogP contribution in [0.3, 0.4) is 0 Å². The Labute approximate surface area is 263 Å². The second kappa shape index (κ2) is 9.41. The summed E-state index contributed by atoms with van der Waals surface area (Å²) in [5.74, 6) is -1.11. The Kier molecular flexibility index (Phi) is 5.37. The number of nitrogens with zero attached hydrogens (tertiary/aromatic N) is 4. The number of anilines is 4. The van der Waals surface area contributed by atoms with Crippen LogP contribution in [0, 0.1) is 34.3 Å². The highest BCUT2D eigenvalue weighted by molar-refractivity contribution is 7.00. The number of amides is 2. The average molecular weight is 594 g/mol. The highest BCUT2D eigenvalue weighted by Gasteiger charge is 2.50. The number of hydrogen-bond acceptors (Lipinski definition) is 3. The lowest BCUT2D eigenvalue weighted by Crippen LogP contribution is -2.65. The maximum atomic E-state index is 16.6. The minimum absolute atomic E-state index is 0.311. The summed E-state index contributed by atoms with van der Waals surface area (Å²) >= 11 is 0. The first-order valence-electron chi connectivity index (χ1n) is 14.8. The molecule has 46 heavy (non-hydrogen) atoms. The number of benzene rings is 6. The summed E-state index contributed by atoms with van der Waals surface area (Å²) in [7, 11) is 0. The van der Waals surface area contributed by atoms with E-state index in [-0.39, 0.29) is 0 Å². The second-order valence-corrected chi connectivity index (χ2v) is 11.8. The molecule has 9 heteroatoms. The van der Waals surface area contributed by atoms with Gasteiger partial charge in [0.1, 0.15) is 11.6 Å². The predicted octanol–water partition coefficient (Wildman–Crippen LogP) is 3.93. The number of fused-ring (bicyclic) bond motifs is 4. The fourth-order valence-corrected chi connectivity index (χ4v) is 7.64. The van der Waals surface area contributed by atoms with Gasteiger partial charge in [-0.2, -0.15) is 10.5 Å². The molecule has 3 heterocycles. The molecule has 0 bridgehead atoms. The van der Waals surface area contributed by atoms with E-state index in [1.54, 1.807) is 36.4 Å². The molecular formula is C37H18B2F2N4O. The predicted molar refractivity (Wildman–Crippen MR) is 178 cm³/mol. The molecule has 3 aliphatic heterocycles. The van der Waals surface area contributed by atoms with Crippen LogP contribution in [0.5, 0.6) is 0 Å². The van der Waals surface area contributed by atoms with E-state index in [1.165, 1.54) is 21.9 Å². The van der Waals surface area contributed by atoms with Crippen molar-refractivity contribution in [1.82, 2.24) is 0 Å². The summed E-state index contributed by atoms with van der Waals surface area (Å²) < 4.78 is 33.1. The van der Waals surface area contributed by atoms with Gasteiger partial charge in [0, 0.05) is 16.8 Å². The Balaban J connectivity index is 1.48. The summed E-state index contributed by atoms with van der Waals surface area (Å²) in [6, 6.07) is 35.7. The van der Waals surface area contributed by atoms with Crippen molar-refractivity contribution in [2.75, 3.05) is 9.80 Å². The van der Waals surface area contributed by atoms with Crippen LogP contribution in [-0.4, -0.2) is 19.5 Å². The smallest absolute Gasteiger partial charge is 0.263 e. The molecule has 6 aromatic rings. The van der Waals surface area contributed by atoms with Crippen molar-refractivity contribution in [2.24, 2.45) is 0 Å². The van der Waals surface area contributed by atoms with Crippen molar-refractivity contribution in [1.29, 1.82) is 10.5 Å². The summed E-state index contributed by atoms with van der Waals surface area (Å²) in [5.41, 5.74) is 5.88. The first-order valence-corrected chi connectivity index (χ1v) is 14.8. The first kappa shape index (κ1) is 26.2. The first-order chi connectivity index (χ1) is 22.5. The number of carbonyl (C=O) groups excluding carboxylic acids is 1. The van der Waals surface area contributed by atoms with Gasteiger partial charge in [-0.25, -0.2) is 13.6 Å². The van der Waals surface area contributed by atoms with Crippen molar-refractivity contribution in [3.8, 4) is 12.1 Å². The monoisotopic (exact) mass is 594 g/mol. The fourth-order valence-electron chi connectivity index (χ4n) is 7.64. The zero-order valence-corrected chi connectivity index (χ0v) is 24.0. The quantitative estimate of drug-likeness (QED) is 0.286. The second-order valence-electron chi connectivity index (χ2n) is 11.8. The molecule has 0 atom stereocenters. The molecule has 0 unspecified atom stereocenters. The lowest BCUT2D eigenvalue weighted by atomic mass is 9.33. The van der Waals surface area contributed by atoms with E-state index in [2.05, 4.69) is 12.1 Å². The van der Waals surface area contributed by atoms with E-state index in [4.69, 9.17) is 0 Å². The maximum absolute atomic E-state index is 16.6. The SMILES string of the molecule is N#Cc1ccc2c(c1)N1C(=O)N3c4cc(C#N)ccc4B(c4ccccc4)c4c(F)cc5cc(F)c(c1c5c43)B2c1ccccc1. The molecule has 0 aromatic heterocycles. The molecule has 0 radical (unpaired) electrons. The van der Waals surface area contributed by atoms with E-state index in [9.17, 15) is 10.5 Å². The normalized spacial score (nSPS) is 13.7. The molecule has 0 aliphatic carbocycles. The fraction of sp³-hybridized carbons (Fsp3) is 0. The van der Waals surface area contributed by atoms with Crippen LogP contribution in [0.2, 0.25) is 0 Å². The Morgan fingerprint density at radius 2 is 1.02 bits per heavy atom. The Morgan fingerprint density at radius 3 is 1.43 bits per heavy atom. The van der Waals surface area contributed by atoms with Gasteiger partial charge in [-0.15, -0.1) is 0 Å². The van der Waals surface area contributed by atoms with Crippen LogP contribution < -0.4 is 42.6 Å². The Hall–Kier alpha value is -6.18. The largest absolute Gasteiger partial charge is 0.338 e. The van der Waals surface area contributed by atoms with Gasteiger partial charge < -0.3 is 0 Å². The molecule has 5 nitrogen and oxygen atoms in total. The van der Waals surface area contributed by atoms with Gasteiger partial charge in [0.15, 0.2) is 0 Å². The summed E-state index contributed by atoms with van der Waals surface area (Å²) in [6.45, 7) is -1.18. The molecule has 2 amide bonds. The van der Waals surface area contributed by atoms with Crippen LogP contribution in [0.4, 0.5) is 36.3 Å². The molecular weight excluding hydrogens is 576 g/mol. The molecule has 0 spiro atoms. The van der Waals surface area contributed by atoms with E-state index in [1.807, 2.05) is 60.7 Å². The Morgan fingerprint density at radius 1 is 0.587 bits per heavy atom. The third kappa shape index (κ3) is 3.34. The lowest BCUT2D eigenvalue weighted by Gasteiger charge is -2.46. The van der Waals surface area contributed by atoms with Gasteiger partial charge in [0.05, 0.1) is 34.6 Å². The molecule has 3 aliphatic rings. The molecule has 0 saturated carbocycles. The molecule has 0 fully saturated rings. The maximum Gasteiger partial charge on any atom is 0.338 e. The Bertz CT molecular complexity index is 2260. The molecule has 0 saturated heterocycles. The van der Waals surface area contributed by atoms with E-state index < -0.39 is 31.1 Å². The highest BCUT2D eigenvalue weighted by atomic mass is 19.1. The molecule has 6 aromatic carbocycles. The van der Waals surface area contributed by atoms with Crippen molar-refractivity contribution < 1.29 is 13.6 Å². The van der Waals surface area contributed by atoms with Gasteiger partial charge in [0.2, 0.25) is 0 Å². The lowest BCUT2D eigenvalue weighted by molar-refractivity contribution is 0.255. The van der Waals surface area contributed by atoms with Gasteiger partial charge >= 0.3 is 6.03 Å². The van der Waals surface area contributed by atoms with Crippen molar-refractivity contribution >= 4 is 85.8 Å². The van der Waals surface area contributed by atoms with Crippen molar-refractivity contribution in [3.05, 3.63) is 132 Å². The summed E-state index contributed by atoms with van der Waals surface area (Å²) in [4.78, 5) is 18.0. The standard InChI is InChI=1S/C37H18B2F2N4O/c40-28-17-23-18-29(41)34-36-32(23)35-33(28)38(24-7-3-1-4-8-24)26-13-11-21(19-42)15-30(26)44(35)37(46)45(36)31-16-22(20-43)12-14-27(31)39(34)25-9-5-2-6-10-25/h1-18H. The minimum atomic E-state index is -0.592. The number of nitriles is 2. The molecule has 0 N–H and O–H groups in total. The zero-order chi connectivity index (χ0) is 31.3. The molecule has 212 valence electrons. The summed E-state index contributed by atoms with van der Waals surface area (Å²) in [5, 5.41) is 20.6. The van der Waals surface area contributed by atoms with Crippen molar-refractivity contribution in [3.63, 3.8) is 0 Å². The van der Waals surface area contributed by atoms with Crippen LogP contribution in [-0.2, 0) is 0 Å². The van der Waals surface area contributed by atoms with Crippen LogP contribution in [0.1, 0.15) is 11.1 Å². The van der Waals surface area contributed by atoms with Gasteiger partial charge in [0.25, 0.3) is 13.4 Å². The van der Waals surface area contributed by atoms with Crippen molar-refractivity contribution in [2.45, 2.75) is 0 Å². The topological polar surface area (TPSA) is 71.1 Å². The third-order valence-corrected chi connectivity index (χ3v) is 9.45. The van der Waals surface area contributed by atoms with Crippen LogP contribution in [0.25, 0.3) is 10.8 Å². The van der Waals surface area contributed by atoms with Crippen LogP contribution in [0.15, 0.2) is 109 Å². The average Bonchev–Trinajstić information content (AvgIpc) is 3.09. The highest BCUT2D eigenvalue weighted by Crippen LogP contribution is 2.48. The number of rotatable bonds is 2. The minimum Gasteiger partial charge on any atom is -0.263 e. The van der Waals surface area contributed by atoms with Gasteiger partial charge in [-0.1, -0.05) is 83.7 Å². The summed E-state index contributed by atoms with van der Waals surface area (Å²) in [6.07, 6.45) is 0. The van der Waals surface area contributed by atoms with Gasteiger partial charge in [-0.3, -0.25) is 9.80 Å². The molecule has 9 rings (SSSR count). The van der Waals surface area contributed by atoms with E-state index in [0.717, 1.165) is 10.9 Å².